The number of nitrogens with two attached hydrogens (primary N) is 1. The fourth-order valence-corrected chi connectivity index (χ4v) is 2.19. The third-order valence-corrected chi connectivity index (χ3v) is 3.07. The van der Waals surface area contributed by atoms with Gasteiger partial charge in [0, 0.05) is 12.8 Å². The first kappa shape index (κ1) is 11.9. The lowest BCUT2D eigenvalue weighted by Crippen LogP contribution is -2.20. The molecule has 1 aromatic rings. The molecule has 0 fully saturated rings. The van der Waals surface area contributed by atoms with Gasteiger partial charge in [0.05, 0.1) is 6.61 Å². The summed E-state index contributed by atoms with van der Waals surface area (Å²) in [5, 5.41) is 8.77. The molecule has 2 rings (SSSR count). The van der Waals surface area contributed by atoms with E-state index in [0.717, 1.165) is 30.8 Å². The highest BCUT2D eigenvalue weighted by Crippen LogP contribution is 2.27. The molecule has 0 amide bonds. The molecule has 1 unspecified atom stereocenters. The first-order chi connectivity index (χ1) is 8.19. The molecule has 1 aromatic carbocycles. The zero-order chi connectivity index (χ0) is 12.3. The number of carboxylic acids is 1. The summed E-state index contributed by atoms with van der Waals surface area (Å²) in [6.07, 6.45) is 1.79. The summed E-state index contributed by atoms with van der Waals surface area (Å²) >= 11 is 0. The molecule has 0 spiro atoms. The van der Waals surface area contributed by atoms with Gasteiger partial charge < -0.3 is 15.6 Å². The molecule has 3 N–H and O–H groups in total. The Bertz CT molecular complexity index is 417. The number of carboxylic acid groups (broad SMARTS) is 1. The van der Waals surface area contributed by atoms with Crippen LogP contribution in [0.4, 0.5) is 0 Å². The van der Waals surface area contributed by atoms with Crippen LogP contribution < -0.4 is 10.5 Å². The molecule has 1 aliphatic heterocycles. The number of benzene rings is 1. The summed E-state index contributed by atoms with van der Waals surface area (Å²) in [6.45, 7) is 1.15. The van der Waals surface area contributed by atoms with Crippen molar-refractivity contribution in [3.05, 3.63) is 29.3 Å². The van der Waals surface area contributed by atoms with Gasteiger partial charge in [0.15, 0.2) is 0 Å². The second-order valence-electron chi connectivity index (χ2n) is 4.44. The van der Waals surface area contributed by atoms with E-state index in [9.17, 15) is 4.79 Å². The molecule has 0 bridgehead atoms. The van der Waals surface area contributed by atoms with Gasteiger partial charge in [-0.25, -0.2) is 0 Å². The van der Waals surface area contributed by atoms with Crippen molar-refractivity contribution in [2.75, 3.05) is 13.2 Å². The molecule has 4 heteroatoms. The van der Waals surface area contributed by atoms with Gasteiger partial charge >= 0.3 is 5.97 Å². The summed E-state index contributed by atoms with van der Waals surface area (Å²) in [5.74, 6) is 0.175. The number of ether oxygens (including phenoxy) is 1. The number of carbonyl (C=O) groups is 1. The normalized spacial score (nSPS) is 15.1. The van der Waals surface area contributed by atoms with E-state index in [1.807, 2.05) is 12.1 Å². The van der Waals surface area contributed by atoms with Gasteiger partial charge in [0.25, 0.3) is 0 Å². The minimum atomic E-state index is -0.787. The van der Waals surface area contributed by atoms with E-state index in [2.05, 4.69) is 6.07 Å². The van der Waals surface area contributed by atoms with Crippen LogP contribution in [0.15, 0.2) is 18.2 Å². The summed E-state index contributed by atoms with van der Waals surface area (Å²) in [6, 6.07) is 6.06. The molecule has 0 aromatic heterocycles. The SMILES string of the molecule is NCC(CC(=O)O)Cc1ccc2c(c1)CCO2. The highest BCUT2D eigenvalue weighted by molar-refractivity contribution is 5.67. The van der Waals surface area contributed by atoms with Gasteiger partial charge in [0.1, 0.15) is 5.75 Å². The maximum atomic E-state index is 10.7. The lowest BCUT2D eigenvalue weighted by atomic mass is 9.95. The van der Waals surface area contributed by atoms with Crippen LogP contribution in [0.25, 0.3) is 0 Å². The molecule has 4 nitrogen and oxygen atoms in total. The van der Waals surface area contributed by atoms with E-state index < -0.39 is 5.97 Å². The van der Waals surface area contributed by atoms with Crippen molar-refractivity contribution < 1.29 is 14.6 Å². The van der Waals surface area contributed by atoms with E-state index in [1.54, 1.807) is 0 Å². The van der Waals surface area contributed by atoms with Crippen molar-refractivity contribution in [3.8, 4) is 5.75 Å². The summed E-state index contributed by atoms with van der Waals surface area (Å²) in [4.78, 5) is 10.7. The van der Waals surface area contributed by atoms with Crippen LogP contribution in [0.2, 0.25) is 0 Å². The third-order valence-electron chi connectivity index (χ3n) is 3.07. The second-order valence-corrected chi connectivity index (χ2v) is 4.44. The molecule has 92 valence electrons. The Kier molecular flexibility index (Phi) is 3.64. The van der Waals surface area contributed by atoms with Gasteiger partial charge in [-0.15, -0.1) is 0 Å². The van der Waals surface area contributed by atoms with Gasteiger partial charge in [-0.1, -0.05) is 12.1 Å². The van der Waals surface area contributed by atoms with Crippen LogP contribution in [0.1, 0.15) is 17.5 Å². The quantitative estimate of drug-likeness (QED) is 0.804. The fourth-order valence-electron chi connectivity index (χ4n) is 2.19. The Labute approximate surface area is 100 Å². The molecule has 0 aliphatic carbocycles. The Balaban J connectivity index is 2.04. The van der Waals surface area contributed by atoms with E-state index in [-0.39, 0.29) is 12.3 Å². The molecule has 0 saturated carbocycles. The molecular weight excluding hydrogens is 218 g/mol. The molecule has 1 atom stereocenters. The van der Waals surface area contributed by atoms with Crippen LogP contribution in [0.3, 0.4) is 0 Å². The Hall–Kier alpha value is -1.55. The van der Waals surface area contributed by atoms with Crippen LogP contribution in [0.5, 0.6) is 5.75 Å². The summed E-state index contributed by atoms with van der Waals surface area (Å²) in [5.41, 5.74) is 7.95. The second kappa shape index (κ2) is 5.19. The zero-order valence-corrected chi connectivity index (χ0v) is 9.69. The van der Waals surface area contributed by atoms with E-state index in [0.29, 0.717) is 6.54 Å². The predicted molar refractivity (Wildman–Crippen MR) is 64.1 cm³/mol. The van der Waals surface area contributed by atoms with Crippen molar-refractivity contribution in [3.63, 3.8) is 0 Å². The molecule has 1 heterocycles. The average Bonchev–Trinajstić information content (AvgIpc) is 2.74. The number of hydrogen-bond donors (Lipinski definition) is 2. The number of fused-ring (bicyclic) bond motifs is 1. The van der Waals surface area contributed by atoms with Crippen LogP contribution in [-0.2, 0) is 17.6 Å². The van der Waals surface area contributed by atoms with E-state index >= 15 is 0 Å². The maximum Gasteiger partial charge on any atom is 0.303 e. The monoisotopic (exact) mass is 235 g/mol. The lowest BCUT2D eigenvalue weighted by molar-refractivity contribution is -0.138. The number of rotatable bonds is 5. The van der Waals surface area contributed by atoms with Gasteiger partial charge in [0.2, 0.25) is 0 Å². The minimum absolute atomic E-state index is 0.00729. The van der Waals surface area contributed by atoms with Crippen LogP contribution in [-0.4, -0.2) is 24.2 Å². The highest BCUT2D eigenvalue weighted by atomic mass is 16.5. The van der Waals surface area contributed by atoms with Gasteiger partial charge in [-0.05, 0) is 36.1 Å². The van der Waals surface area contributed by atoms with Crippen LogP contribution >= 0.6 is 0 Å². The van der Waals surface area contributed by atoms with E-state index in [4.69, 9.17) is 15.6 Å². The molecule has 1 aliphatic rings. The van der Waals surface area contributed by atoms with Gasteiger partial charge in [-0.3, -0.25) is 4.79 Å². The average molecular weight is 235 g/mol. The topological polar surface area (TPSA) is 72.6 Å². The van der Waals surface area contributed by atoms with Crippen molar-refractivity contribution in [2.24, 2.45) is 11.7 Å². The van der Waals surface area contributed by atoms with Crippen molar-refractivity contribution in [2.45, 2.75) is 19.3 Å². The maximum absolute atomic E-state index is 10.7. The smallest absolute Gasteiger partial charge is 0.303 e. The predicted octanol–water partition coefficient (Wildman–Crippen LogP) is 1.21. The minimum Gasteiger partial charge on any atom is -0.493 e. The van der Waals surface area contributed by atoms with Crippen molar-refractivity contribution in [1.82, 2.24) is 0 Å². The third kappa shape index (κ3) is 2.97. The van der Waals surface area contributed by atoms with Crippen molar-refractivity contribution >= 4 is 5.97 Å². The van der Waals surface area contributed by atoms with Crippen molar-refractivity contribution in [1.29, 1.82) is 0 Å². The Morgan fingerprint density at radius 3 is 3.06 bits per heavy atom. The fraction of sp³-hybridized carbons (Fsp3) is 0.462. The lowest BCUT2D eigenvalue weighted by Gasteiger charge is -2.12. The zero-order valence-electron chi connectivity index (χ0n) is 9.69. The number of aliphatic carboxylic acids is 1. The Morgan fingerprint density at radius 2 is 2.35 bits per heavy atom. The standard InChI is InChI=1S/C13H17NO3/c14-8-10(7-13(15)16)5-9-1-2-12-11(6-9)3-4-17-12/h1-2,6,10H,3-5,7-8,14H2,(H,15,16). The molecule has 17 heavy (non-hydrogen) atoms. The largest absolute Gasteiger partial charge is 0.493 e. The first-order valence-corrected chi connectivity index (χ1v) is 5.85. The Morgan fingerprint density at radius 1 is 1.53 bits per heavy atom. The van der Waals surface area contributed by atoms with E-state index in [1.165, 1.54) is 5.56 Å². The molecule has 0 radical (unpaired) electrons. The molecule has 0 saturated heterocycles. The summed E-state index contributed by atoms with van der Waals surface area (Å²) in [7, 11) is 0. The number of hydrogen-bond acceptors (Lipinski definition) is 3. The van der Waals surface area contributed by atoms with Crippen LogP contribution in [0, 0.1) is 5.92 Å². The molecular formula is C13H17NO3. The highest BCUT2D eigenvalue weighted by Gasteiger charge is 2.15. The van der Waals surface area contributed by atoms with Gasteiger partial charge in [-0.2, -0.15) is 0 Å². The summed E-state index contributed by atoms with van der Waals surface area (Å²) < 4.78 is 5.43. The first-order valence-electron chi connectivity index (χ1n) is 5.85.